The first-order valence-corrected chi connectivity index (χ1v) is 6.78. The smallest absolute Gasteiger partial charge is 0.0540 e. The molecule has 0 bridgehead atoms. The third kappa shape index (κ3) is 4.16. The molecule has 0 saturated heterocycles. The molecule has 2 rings (SSSR count). The van der Waals surface area contributed by atoms with Crippen LogP contribution in [0.5, 0.6) is 0 Å². The minimum atomic E-state index is -0.0421. The van der Waals surface area contributed by atoms with Gasteiger partial charge in [-0.1, -0.05) is 35.5 Å². The number of allylic oxidation sites excluding steroid dienone is 6. The molecule has 0 unspecified atom stereocenters. The Bertz CT molecular complexity index is 327. The van der Waals surface area contributed by atoms with Crippen molar-refractivity contribution in [1.29, 1.82) is 0 Å². The van der Waals surface area contributed by atoms with Gasteiger partial charge < -0.3 is 5.11 Å². The summed E-state index contributed by atoms with van der Waals surface area (Å²) in [5.74, 6) is 0.693. The fraction of sp³-hybridized carbons (Fsp3) is 0.562. The Morgan fingerprint density at radius 3 is 2.76 bits per heavy atom. The average molecular weight is 231 g/mol. The maximum absolute atomic E-state index is 9.48. The molecule has 0 aromatic heterocycles. The highest BCUT2D eigenvalue weighted by atomic mass is 16.3. The minimum absolute atomic E-state index is 0.0421. The molecule has 2 aliphatic rings. The molecule has 0 heterocycles. The second-order valence-electron chi connectivity index (χ2n) is 5.37. The second-order valence-corrected chi connectivity index (χ2v) is 5.37. The van der Waals surface area contributed by atoms with Gasteiger partial charge >= 0.3 is 0 Å². The van der Waals surface area contributed by atoms with Crippen LogP contribution < -0.4 is 0 Å². The van der Waals surface area contributed by atoms with E-state index in [9.17, 15) is 5.11 Å². The average Bonchev–Trinajstić information content (AvgIpc) is 2.33. The molecule has 1 N–H and O–H groups in total. The molecule has 93 valence electrons. The van der Waals surface area contributed by atoms with Crippen LogP contribution >= 0.6 is 0 Å². The van der Waals surface area contributed by atoms with Crippen LogP contribution in [0.3, 0.4) is 0 Å². The molecule has 17 heavy (non-hydrogen) atoms. The van der Waals surface area contributed by atoms with Gasteiger partial charge in [-0.2, -0.15) is 0 Å². The van der Waals surface area contributed by atoms with Crippen molar-refractivity contribution in [2.24, 2.45) is 5.92 Å². The third-order valence-electron chi connectivity index (χ3n) is 3.71. The normalized spacial score (nSPS) is 30.2. The zero-order valence-corrected chi connectivity index (χ0v) is 10.7. The van der Waals surface area contributed by atoms with Gasteiger partial charge in [0.05, 0.1) is 6.10 Å². The van der Waals surface area contributed by atoms with Gasteiger partial charge in [0.25, 0.3) is 0 Å². The summed E-state index contributed by atoms with van der Waals surface area (Å²) in [7, 11) is 0. The minimum Gasteiger partial charge on any atom is -0.393 e. The van der Waals surface area contributed by atoms with E-state index in [1.165, 1.54) is 11.1 Å². The first-order valence-electron chi connectivity index (χ1n) is 6.78. The van der Waals surface area contributed by atoms with Crippen molar-refractivity contribution in [3.8, 4) is 0 Å². The van der Waals surface area contributed by atoms with Crippen molar-refractivity contribution in [1.82, 2.24) is 0 Å². The van der Waals surface area contributed by atoms with E-state index in [1.54, 1.807) is 0 Å². The lowest BCUT2D eigenvalue weighted by atomic mass is 9.85. The fourth-order valence-corrected chi connectivity index (χ4v) is 2.74. The quantitative estimate of drug-likeness (QED) is 0.729. The van der Waals surface area contributed by atoms with Crippen LogP contribution in [0.15, 0.2) is 35.5 Å². The highest BCUT2D eigenvalue weighted by Crippen LogP contribution is 2.28. The molecule has 1 saturated carbocycles. The fourth-order valence-electron chi connectivity index (χ4n) is 2.74. The summed E-state index contributed by atoms with van der Waals surface area (Å²) < 4.78 is 0. The lowest BCUT2D eigenvalue weighted by molar-refractivity contribution is 0.117. The zero-order chi connectivity index (χ0) is 12.1. The summed E-state index contributed by atoms with van der Waals surface area (Å²) in [6, 6.07) is 0. The summed E-state index contributed by atoms with van der Waals surface area (Å²) >= 11 is 0. The van der Waals surface area contributed by atoms with Crippen LogP contribution in [0.1, 0.15) is 45.4 Å². The lowest BCUT2D eigenvalue weighted by Gasteiger charge is -2.23. The second kappa shape index (κ2) is 6.20. The molecule has 0 spiro atoms. The van der Waals surface area contributed by atoms with E-state index >= 15 is 0 Å². The van der Waals surface area contributed by atoms with Crippen molar-refractivity contribution < 1.29 is 5.11 Å². The standard InChI is InChI=1S/C16H23O/c1-13(11-14-5-3-2-4-6-14)12-15-7-9-16(17)10-8-15/h2-3,5-6,12,15-17H,4,7-11H2,1H3/t15-,16+. The summed E-state index contributed by atoms with van der Waals surface area (Å²) in [6.07, 6.45) is 17.7. The van der Waals surface area contributed by atoms with E-state index in [0.29, 0.717) is 5.92 Å². The van der Waals surface area contributed by atoms with Gasteiger partial charge in [0.15, 0.2) is 0 Å². The lowest BCUT2D eigenvalue weighted by Crippen LogP contribution is -2.17. The van der Waals surface area contributed by atoms with Gasteiger partial charge in [0.1, 0.15) is 0 Å². The Hall–Kier alpha value is -0.820. The molecular weight excluding hydrogens is 208 g/mol. The van der Waals surface area contributed by atoms with Gasteiger partial charge in [-0.15, -0.1) is 0 Å². The molecule has 0 atom stereocenters. The van der Waals surface area contributed by atoms with Gasteiger partial charge in [0, 0.05) is 0 Å². The molecule has 0 aromatic carbocycles. The van der Waals surface area contributed by atoms with E-state index in [4.69, 9.17) is 0 Å². The molecule has 0 aliphatic heterocycles. The Morgan fingerprint density at radius 1 is 1.35 bits per heavy atom. The van der Waals surface area contributed by atoms with Crippen LogP contribution in [0.25, 0.3) is 0 Å². The molecule has 1 heteroatoms. The first-order chi connectivity index (χ1) is 8.24. The van der Waals surface area contributed by atoms with E-state index in [-0.39, 0.29) is 6.10 Å². The van der Waals surface area contributed by atoms with Crippen LogP contribution in [-0.4, -0.2) is 11.2 Å². The van der Waals surface area contributed by atoms with E-state index < -0.39 is 0 Å². The largest absolute Gasteiger partial charge is 0.393 e. The predicted molar refractivity (Wildman–Crippen MR) is 72.5 cm³/mol. The number of hydrogen-bond acceptors (Lipinski definition) is 1. The number of hydrogen-bond donors (Lipinski definition) is 1. The third-order valence-corrected chi connectivity index (χ3v) is 3.71. The first kappa shape index (κ1) is 12.6. The summed E-state index contributed by atoms with van der Waals surface area (Å²) in [5.41, 5.74) is 2.92. The maximum Gasteiger partial charge on any atom is 0.0540 e. The molecule has 2 aliphatic carbocycles. The van der Waals surface area contributed by atoms with Gasteiger partial charge in [-0.3, -0.25) is 0 Å². The van der Waals surface area contributed by atoms with Crippen molar-refractivity contribution >= 4 is 0 Å². The topological polar surface area (TPSA) is 20.2 Å². The Balaban J connectivity index is 1.84. The Morgan fingerprint density at radius 2 is 2.12 bits per heavy atom. The van der Waals surface area contributed by atoms with Crippen LogP contribution in [0, 0.1) is 12.3 Å². The maximum atomic E-state index is 9.48. The Labute approximate surface area is 105 Å². The molecule has 1 nitrogen and oxygen atoms in total. The van der Waals surface area contributed by atoms with Gasteiger partial charge in [0.2, 0.25) is 0 Å². The van der Waals surface area contributed by atoms with E-state index in [2.05, 4.69) is 37.6 Å². The number of aliphatic hydroxyl groups is 1. The SMILES string of the molecule is CC(=C[C@H]1CC[C@@H](O)CC1)CC1=CC=CC[CH]1. The van der Waals surface area contributed by atoms with Crippen molar-refractivity contribution in [2.75, 3.05) is 0 Å². The molecular formula is C16H23O. The molecule has 0 aromatic rings. The highest BCUT2D eigenvalue weighted by molar-refractivity contribution is 5.29. The summed E-state index contributed by atoms with van der Waals surface area (Å²) in [6.45, 7) is 2.23. The van der Waals surface area contributed by atoms with Crippen LogP contribution in [-0.2, 0) is 0 Å². The van der Waals surface area contributed by atoms with Crippen molar-refractivity contribution in [3.63, 3.8) is 0 Å². The monoisotopic (exact) mass is 231 g/mol. The van der Waals surface area contributed by atoms with Crippen molar-refractivity contribution in [2.45, 2.75) is 51.6 Å². The molecule has 0 amide bonds. The van der Waals surface area contributed by atoms with E-state index in [1.807, 2.05) is 0 Å². The predicted octanol–water partition coefficient (Wildman–Crippen LogP) is 3.96. The van der Waals surface area contributed by atoms with Crippen LogP contribution in [0.2, 0.25) is 0 Å². The zero-order valence-electron chi connectivity index (χ0n) is 10.7. The van der Waals surface area contributed by atoms with Crippen molar-refractivity contribution in [3.05, 3.63) is 41.9 Å². The summed E-state index contributed by atoms with van der Waals surface area (Å²) in [4.78, 5) is 0. The molecule has 1 fully saturated rings. The molecule has 1 radical (unpaired) electrons. The van der Waals surface area contributed by atoms with Gasteiger partial charge in [-0.05, 0) is 57.8 Å². The summed E-state index contributed by atoms with van der Waals surface area (Å²) in [5, 5.41) is 9.48. The number of rotatable bonds is 3. The van der Waals surface area contributed by atoms with Crippen LogP contribution in [0.4, 0.5) is 0 Å². The number of aliphatic hydroxyl groups excluding tert-OH is 1. The Kier molecular flexibility index (Phi) is 4.61. The van der Waals surface area contributed by atoms with E-state index in [0.717, 1.165) is 38.5 Å². The highest BCUT2D eigenvalue weighted by Gasteiger charge is 2.17. The van der Waals surface area contributed by atoms with Gasteiger partial charge in [-0.25, -0.2) is 0 Å².